The van der Waals surface area contributed by atoms with Crippen LogP contribution in [-0.4, -0.2) is 24.2 Å². The van der Waals surface area contributed by atoms with Crippen molar-refractivity contribution in [3.8, 4) is 5.75 Å². The Morgan fingerprint density at radius 3 is 2.00 bits per heavy atom. The zero-order valence-corrected chi connectivity index (χ0v) is 14.8. The zero-order valence-electron chi connectivity index (χ0n) is 14.8. The van der Waals surface area contributed by atoms with Gasteiger partial charge in [0.25, 0.3) is 0 Å². The first-order valence-electron chi connectivity index (χ1n) is 9.68. The van der Waals surface area contributed by atoms with Crippen LogP contribution in [0, 0.1) is 5.82 Å². The zero-order chi connectivity index (χ0) is 17.5. The van der Waals surface area contributed by atoms with Crippen molar-refractivity contribution in [3.05, 3.63) is 30.1 Å². The van der Waals surface area contributed by atoms with Crippen molar-refractivity contribution in [2.75, 3.05) is 0 Å². The molecule has 0 atom stereocenters. The van der Waals surface area contributed by atoms with Crippen LogP contribution in [0.2, 0.25) is 0 Å². The van der Waals surface area contributed by atoms with Crippen LogP contribution in [0.15, 0.2) is 24.3 Å². The quantitative estimate of drug-likeness (QED) is 0.785. The Bertz CT molecular complexity index is 533. The van der Waals surface area contributed by atoms with E-state index in [4.69, 9.17) is 4.74 Å². The number of amides is 2. The number of hydrogen-bond acceptors (Lipinski definition) is 2. The fourth-order valence-electron chi connectivity index (χ4n) is 3.87. The van der Waals surface area contributed by atoms with Gasteiger partial charge in [0.1, 0.15) is 11.6 Å². The summed E-state index contributed by atoms with van der Waals surface area (Å²) in [7, 11) is 0. The minimum Gasteiger partial charge on any atom is -0.490 e. The van der Waals surface area contributed by atoms with Crippen LogP contribution in [0.5, 0.6) is 5.75 Å². The lowest BCUT2D eigenvalue weighted by atomic mass is 9.93. The molecule has 1 aromatic carbocycles. The van der Waals surface area contributed by atoms with Gasteiger partial charge in [0.05, 0.1) is 6.10 Å². The van der Waals surface area contributed by atoms with Gasteiger partial charge in [-0.05, 0) is 62.8 Å². The third-order valence-electron chi connectivity index (χ3n) is 5.32. The Kier molecular flexibility index (Phi) is 6.54. The molecule has 0 spiro atoms. The van der Waals surface area contributed by atoms with Gasteiger partial charge >= 0.3 is 6.03 Å². The normalized spacial score (nSPS) is 25.0. The first kappa shape index (κ1) is 18.0. The molecule has 0 aromatic heterocycles. The summed E-state index contributed by atoms with van der Waals surface area (Å²) >= 11 is 0. The molecule has 5 heteroatoms. The molecule has 2 N–H and O–H groups in total. The summed E-state index contributed by atoms with van der Waals surface area (Å²) in [6.07, 6.45) is 11.0. The first-order chi connectivity index (χ1) is 12.2. The van der Waals surface area contributed by atoms with Gasteiger partial charge in [0, 0.05) is 12.1 Å². The fraction of sp³-hybridized carbons (Fsp3) is 0.650. The molecule has 25 heavy (non-hydrogen) atoms. The molecule has 2 amide bonds. The summed E-state index contributed by atoms with van der Waals surface area (Å²) < 4.78 is 18.8. The van der Waals surface area contributed by atoms with Gasteiger partial charge in [-0.15, -0.1) is 0 Å². The van der Waals surface area contributed by atoms with Crippen molar-refractivity contribution in [1.82, 2.24) is 10.6 Å². The van der Waals surface area contributed by atoms with Gasteiger partial charge in [0.2, 0.25) is 0 Å². The highest BCUT2D eigenvalue weighted by atomic mass is 19.1. The monoisotopic (exact) mass is 348 g/mol. The van der Waals surface area contributed by atoms with E-state index in [1.54, 1.807) is 12.1 Å². The van der Waals surface area contributed by atoms with E-state index >= 15 is 0 Å². The third kappa shape index (κ3) is 5.91. The maximum absolute atomic E-state index is 12.9. The van der Waals surface area contributed by atoms with Crippen LogP contribution >= 0.6 is 0 Å². The Balaban J connectivity index is 1.37. The SMILES string of the molecule is O=C(NC1CCCCCC1)N[C@H]1CC[C@@H](Oc2ccc(F)cc2)CC1. The summed E-state index contributed by atoms with van der Waals surface area (Å²) in [6.45, 7) is 0. The van der Waals surface area contributed by atoms with E-state index < -0.39 is 0 Å². The minimum absolute atomic E-state index is 0.0187. The van der Waals surface area contributed by atoms with Gasteiger partial charge < -0.3 is 15.4 Å². The minimum atomic E-state index is -0.250. The van der Waals surface area contributed by atoms with E-state index in [1.165, 1.54) is 37.8 Å². The molecule has 2 aliphatic rings. The smallest absolute Gasteiger partial charge is 0.315 e. The van der Waals surface area contributed by atoms with Gasteiger partial charge in [-0.3, -0.25) is 0 Å². The number of rotatable bonds is 4. The molecule has 0 heterocycles. The van der Waals surface area contributed by atoms with Gasteiger partial charge in [-0.1, -0.05) is 25.7 Å². The lowest BCUT2D eigenvalue weighted by molar-refractivity contribution is 0.140. The Morgan fingerprint density at radius 1 is 0.840 bits per heavy atom. The highest BCUT2D eigenvalue weighted by Gasteiger charge is 2.24. The fourth-order valence-corrected chi connectivity index (χ4v) is 3.87. The molecule has 0 radical (unpaired) electrons. The van der Waals surface area contributed by atoms with Crippen LogP contribution in [0.1, 0.15) is 64.2 Å². The molecular formula is C20H29FN2O2. The number of carbonyl (C=O) groups excluding carboxylic acids is 1. The van der Waals surface area contributed by atoms with Crippen LogP contribution in [0.3, 0.4) is 0 Å². The van der Waals surface area contributed by atoms with Crippen LogP contribution in [0.25, 0.3) is 0 Å². The second-order valence-corrected chi connectivity index (χ2v) is 7.35. The van der Waals surface area contributed by atoms with E-state index in [2.05, 4.69) is 10.6 Å². The van der Waals surface area contributed by atoms with E-state index in [0.717, 1.165) is 38.5 Å². The number of urea groups is 1. The molecule has 2 saturated carbocycles. The standard InChI is InChI=1S/C20H29FN2O2/c21-15-7-11-18(12-8-15)25-19-13-9-17(10-14-19)23-20(24)22-16-5-3-1-2-4-6-16/h7-8,11-12,16-17,19H,1-6,9-10,13-14H2,(H2,22,23,24)/t17-,19+. The van der Waals surface area contributed by atoms with Crippen LogP contribution in [-0.2, 0) is 0 Å². The first-order valence-corrected chi connectivity index (χ1v) is 9.68. The largest absolute Gasteiger partial charge is 0.490 e. The highest BCUT2D eigenvalue weighted by Crippen LogP contribution is 2.24. The molecule has 4 nitrogen and oxygen atoms in total. The number of benzene rings is 1. The predicted octanol–water partition coefficient (Wildman–Crippen LogP) is 4.54. The second-order valence-electron chi connectivity index (χ2n) is 7.35. The number of halogens is 1. The topological polar surface area (TPSA) is 50.4 Å². The maximum Gasteiger partial charge on any atom is 0.315 e. The van der Waals surface area contributed by atoms with Crippen LogP contribution in [0.4, 0.5) is 9.18 Å². The lowest BCUT2D eigenvalue weighted by Gasteiger charge is -2.30. The summed E-state index contributed by atoms with van der Waals surface area (Å²) in [5.74, 6) is 0.462. The molecule has 2 fully saturated rings. The maximum atomic E-state index is 12.9. The third-order valence-corrected chi connectivity index (χ3v) is 5.32. The van der Waals surface area contributed by atoms with Gasteiger partial charge in [-0.2, -0.15) is 0 Å². The molecule has 1 aromatic rings. The van der Waals surface area contributed by atoms with Crippen molar-refractivity contribution in [3.63, 3.8) is 0 Å². The molecule has 3 rings (SSSR count). The summed E-state index contributed by atoms with van der Waals surface area (Å²) in [5, 5.41) is 6.27. The van der Waals surface area contributed by atoms with Crippen molar-refractivity contribution in [2.45, 2.75) is 82.4 Å². The number of ether oxygens (including phenoxy) is 1. The summed E-state index contributed by atoms with van der Waals surface area (Å²) in [4.78, 5) is 12.2. The molecule has 0 unspecified atom stereocenters. The van der Waals surface area contributed by atoms with Crippen molar-refractivity contribution in [1.29, 1.82) is 0 Å². The Labute approximate surface area is 149 Å². The summed E-state index contributed by atoms with van der Waals surface area (Å²) in [5.41, 5.74) is 0. The van der Waals surface area contributed by atoms with E-state index in [1.807, 2.05) is 0 Å². The number of carbonyl (C=O) groups is 1. The second kappa shape index (κ2) is 9.07. The Morgan fingerprint density at radius 2 is 1.40 bits per heavy atom. The highest BCUT2D eigenvalue weighted by molar-refractivity contribution is 5.74. The summed E-state index contributed by atoms with van der Waals surface area (Å²) in [6, 6.07) is 6.70. The number of hydrogen-bond donors (Lipinski definition) is 2. The molecule has 2 aliphatic carbocycles. The van der Waals surface area contributed by atoms with Gasteiger partial charge in [-0.25, -0.2) is 9.18 Å². The van der Waals surface area contributed by atoms with Crippen molar-refractivity contribution < 1.29 is 13.9 Å². The predicted molar refractivity (Wildman–Crippen MR) is 96.2 cm³/mol. The molecule has 0 saturated heterocycles. The molecule has 0 bridgehead atoms. The average Bonchev–Trinajstić information content (AvgIpc) is 2.87. The van der Waals surface area contributed by atoms with E-state index in [-0.39, 0.29) is 24.0 Å². The van der Waals surface area contributed by atoms with E-state index in [0.29, 0.717) is 11.8 Å². The Hall–Kier alpha value is -1.78. The molecule has 0 aliphatic heterocycles. The number of nitrogens with one attached hydrogen (secondary N) is 2. The van der Waals surface area contributed by atoms with Crippen molar-refractivity contribution in [2.24, 2.45) is 0 Å². The molecular weight excluding hydrogens is 319 g/mol. The molecule has 138 valence electrons. The lowest BCUT2D eigenvalue weighted by Crippen LogP contribution is -2.47. The average molecular weight is 348 g/mol. The van der Waals surface area contributed by atoms with Gasteiger partial charge in [0.15, 0.2) is 0 Å². The van der Waals surface area contributed by atoms with E-state index in [9.17, 15) is 9.18 Å². The van der Waals surface area contributed by atoms with Crippen molar-refractivity contribution >= 4 is 6.03 Å². The van der Waals surface area contributed by atoms with Crippen LogP contribution < -0.4 is 15.4 Å².